The van der Waals surface area contributed by atoms with Gasteiger partial charge in [-0.25, -0.2) is 0 Å². The van der Waals surface area contributed by atoms with E-state index in [0.29, 0.717) is 50.9 Å². The number of hydrogen-bond donors (Lipinski definition) is 0. The van der Waals surface area contributed by atoms with Crippen molar-refractivity contribution in [2.45, 2.75) is 46.2 Å². The summed E-state index contributed by atoms with van der Waals surface area (Å²) in [4.78, 5) is 28.9. The molecule has 0 bridgehead atoms. The van der Waals surface area contributed by atoms with Gasteiger partial charge in [0.15, 0.2) is 11.5 Å². The molecule has 1 atom stereocenters. The molecule has 2 aliphatic heterocycles. The molecule has 4 rings (SSSR count). The Morgan fingerprint density at radius 3 is 2.69 bits per heavy atom. The summed E-state index contributed by atoms with van der Waals surface area (Å²) in [6.45, 7) is 8.64. The Balaban J connectivity index is 1.46. The van der Waals surface area contributed by atoms with Gasteiger partial charge in [0, 0.05) is 44.2 Å². The zero-order chi connectivity index (χ0) is 24.8. The van der Waals surface area contributed by atoms with Crippen LogP contribution in [-0.4, -0.2) is 53.5 Å². The Kier molecular flexibility index (Phi) is 8.23. The van der Waals surface area contributed by atoms with E-state index in [0.717, 1.165) is 42.9 Å². The van der Waals surface area contributed by atoms with E-state index < -0.39 is 0 Å². The van der Waals surface area contributed by atoms with Crippen LogP contribution in [0.3, 0.4) is 0 Å². The Hall–Kier alpha value is -3.13. The van der Waals surface area contributed by atoms with Crippen molar-refractivity contribution in [1.29, 1.82) is 0 Å². The van der Waals surface area contributed by atoms with Crippen molar-refractivity contribution < 1.29 is 19.2 Å². The number of rotatable bonds is 8. The van der Waals surface area contributed by atoms with E-state index in [9.17, 15) is 14.9 Å². The molecular weight excluding hydrogens is 446 g/mol. The van der Waals surface area contributed by atoms with Gasteiger partial charge in [0.25, 0.3) is 5.69 Å². The number of para-hydroxylation sites is 1. The number of piperidine rings is 1. The van der Waals surface area contributed by atoms with Gasteiger partial charge < -0.3 is 14.4 Å². The molecule has 0 saturated carbocycles. The van der Waals surface area contributed by atoms with Crippen LogP contribution >= 0.6 is 0 Å². The summed E-state index contributed by atoms with van der Waals surface area (Å²) in [5.41, 5.74) is 1.85. The van der Waals surface area contributed by atoms with Crippen molar-refractivity contribution >= 4 is 11.6 Å². The molecule has 0 aromatic heterocycles. The first-order valence-electron chi connectivity index (χ1n) is 12.5. The molecule has 2 heterocycles. The van der Waals surface area contributed by atoms with Crippen LogP contribution in [0.4, 0.5) is 5.69 Å². The van der Waals surface area contributed by atoms with Crippen LogP contribution in [0.1, 0.15) is 44.2 Å². The molecule has 0 aliphatic carbocycles. The molecule has 0 radical (unpaired) electrons. The van der Waals surface area contributed by atoms with Crippen LogP contribution in [0.15, 0.2) is 42.5 Å². The number of amides is 1. The minimum atomic E-state index is -0.332. The van der Waals surface area contributed by atoms with Gasteiger partial charge in [-0.05, 0) is 43.0 Å². The third kappa shape index (κ3) is 6.51. The highest BCUT2D eigenvalue weighted by Gasteiger charge is 2.30. The Morgan fingerprint density at radius 2 is 1.91 bits per heavy atom. The van der Waals surface area contributed by atoms with Gasteiger partial charge in [-0.1, -0.05) is 38.1 Å². The number of carbonyl (C=O) groups excluding carboxylic acids is 1. The smallest absolute Gasteiger partial charge is 0.273 e. The summed E-state index contributed by atoms with van der Waals surface area (Å²) in [5.74, 6) is 1.87. The number of likely N-dealkylation sites (tertiary alicyclic amines) is 1. The molecule has 0 spiro atoms. The Morgan fingerprint density at radius 1 is 1.14 bits per heavy atom. The lowest BCUT2D eigenvalue weighted by molar-refractivity contribution is -0.385. The molecule has 0 N–H and O–H groups in total. The van der Waals surface area contributed by atoms with E-state index in [2.05, 4.69) is 18.7 Å². The molecule has 2 aromatic carbocycles. The van der Waals surface area contributed by atoms with Crippen molar-refractivity contribution in [3.05, 3.63) is 63.7 Å². The highest BCUT2D eigenvalue weighted by Crippen LogP contribution is 2.31. The molecule has 2 aliphatic rings. The van der Waals surface area contributed by atoms with Crippen LogP contribution in [0, 0.1) is 22.0 Å². The lowest BCUT2D eigenvalue weighted by Gasteiger charge is -2.35. The Labute approximate surface area is 207 Å². The summed E-state index contributed by atoms with van der Waals surface area (Å²) in [7, 11) is 0. The molecule has 1 amide bonds. The molecular formula is C27H35N3O5. The maximum Gasteiger partial charge on any atom is 0.273 e. The van der Waals surface area contributed by atoms with Gasteiger partial charge in [0.1, 0.15) is 0 Å². The third-order valence-corrected chi connectivity index (χ3v) is 6.52. The van der Waals surface area contributed by atoms with Crippen molar-refractivity contribution in [3.63, 3.8) is 0 Å². The van der Waals surface area contributed by atoms with Crippen LogP contribution in [-0.2, 0) is 17.9 Å². The molecule has 1 fully saturated rings. The third-order valence-electron chi connectivity index (χ3n) is 6.52. The summed E-state index contributed by atoms with van der Waals surface area (Å²) in [6, 6.07) is 12.8. The van der Waals surface area contributed by atoms with Gasteiger partial charge in [-0.3, -0.25) is 19.8 Å². The summed E-state index contributed by atoms with van der Waals surface area (Å²) < 4.78 is 11.6. The number of nitrogens with zero attached hydrogens (tertiary/aromatic N) is 3. The van der Waals surface area contributed by atoms with Crippen molar-refractivity contribution in [3.8, 4) is 11.5 Å². The largest absolute Gasteiger partial charge is 0.490 e. The summed E-state index contributed by atoms with van der Waals surface area (Å²) >= 11 is 0. The monoisotopic (exact) mass is 481 g/mol. The molecule has 188 valence electrons. The zero-order valence-corrected chi connectivity index (χ0v) is 20.7. The molecule has 8 nitrogen and oxygen atoms in total. The van der Waals surface area contributed by atoms with Crippen LogP contribution in [0.5, 0.6) is 11.5 Å². The van der Waals surface area contributed by atoms with Gasteiger partial charge in [-0.2, -0.15) is 0 Å². The number of benzene rings is 2. The predicted molar refractivity (Wildman–Crippen MR) is 133 cm³/mol. The van der Waals surface area contributed by atoms with E-state index >= 15 is 0 Å². The summed E-state index contributed by atoms with van der Waals surface area (Å²) in [6.07, 6.45) is 2.59. The van der Waals surface area contributed by atoms with E-state index in [1.807, 2.05) is 29.2 Å². The fourth-order valence-electron chi connectivity index (χ4n) is 4.92. The lowest BCUT2D eigenvalue weighted by atomic mass is 9.95. The van der Waals surface area contributed by atoms with Crippen molar-refractivity contribution in [1.82, 2.24) is 9.80 Å². The maximum absolute atomic E-state index is 13.7. The van der Waals surface area contributed by atoms with Crippen molar-refractivity contribution in [2.75, 3.05) is 32.8 Å². The van der Waals surface area contributed by atoms with Crippen LogP contribution in [0.25, 0.3) is 0 Å². The maximum atomic E-state index is 13.7. The van der Waals surface area contributed by atoms with Crippen molar-refractivity contribution in [2.24, 2.45) is 11.8 Å². The first-order valence-corrected chi connectivity index (χ1v) is 12.5. The second-order valence-electron chi connectivity index (χ2n) is 9.90. The topological polar surface area (TPSA) is 85.2 Å². The average molecular weight is 482 g/mol. The number of hydrogen-bond acceptors (Lipinski definition) is 6. The highest BCUT2D eigenvalue weighted by molar-refractivity contribution is 5.79. The first-order chi connectivity index (χ1) is 16.9. The predicted octanol–water partition coefficient (Wildman–Crippen LogP) is 4.65. The molecule has 35 heavy (non-hydrogen) atoms. The SMILES string of the molecule is CC(C)CN(Cc1ccc2c(c1)OCCCO2)C(=O)[C@@H]1CCCN(Cc2ccccc2[N+](=O)[O-])C1. The minimum Gasteiger partial charge on any atom is -0.490 e. The van der Waals surface area contributed by atoms with Gasteiger partial charge in [-0.15, -0.1) is 0 Å². The number of fused-ring (bicyclic) bond motifs is 1. The highest BCUT2D eigenvalue weighted by atomic mass is 16.6. The van der Waals surface area contributed by atoms with E-state index in [4.69, 9.17) is 9.47 Å². The minimum absolute atomic E-state index is 0.120. The molecule has 1 saturated heterocycles. The van der Waals surface area contributed by atoms with Crippen LogP contribution < -0.4 is 9.47 Å². The normalized spacial score (nSPS) is 18.2. The molecule has 0 unspecified atom stereocenters. The van der Waals surface area contributed by atoms with Crippen LogP contribution in [0.2, 0.25) is 0 Å². The quantitative estimate of drug-likeness (QED) is 0.403. The zero-order valence-electron chi connectivity index (χ0n) is 20.7. The number of nitro benzene ring substituents is 1. The second-order valence-corrected chi connectivity index (χ2v) is 9.90. The number of ether oxygens (including phenoxy) is 2. The van der Waals surface area contributed by atoms with E-state index in [-0.39, 0.29) is 22.4 Å². The van der Waals surface area contributed by atoms with E-state index in [1.165, 1.54) is 0 Å². The average Bonchev–Trinajstić information content (AvgIpc) is 3.08. The van der Waals surface area contributed by atoms with Gasteiger partial charge >= 0.3 is 0 Å². The van der Waals surface area contributed by atoms with Gasteiger partial charge in [0.05, 0.1) is 24.1 Å². The first kappa shape index (κ1) is 25.0. The lowest BCUT2D eigenvalue weighted by Crippen LogP contribution is -2.45. The second kappa shape index (κ2) is 11.5. The summed E-state index contributed by atoms with van der Waals surface area (Å²) in [5, 5.41) is 11.4. The van der Waals surface area contributed by atoms with Gasteiger partial charge in [0.2, 0.25) is 5.91 Å². The molecule has 2 aromatic rings. The standard InChI is InChI=1S/C27H35N3O5/c1-20(2)16-29(17-21-10-11-25-26(15-21)35-14-6-13-34-25)27(31)23-8-5-12-28(19-23)18-22-7-3-4-9-24(22)30(32)33/h3-4,7,9-11,15,20,23H,5-6,8,12-14,16-19H2,1-2H3/t23-/m1/s1. The van der Waals surface area contributed by atoms with E-state index in [1.54, 1.807) is 18.2 Å². The Bertz CT molecular complexity index is 1040. The fraction of sp³-hybridized carbons (Fsp3) is 0.519. The molecule has 8 heteroatoms. The number of carbonyl (C=O) groups is 1. The fourth-order valence-corrected chi connectivity index (χ4v) is 4.92. The number of nitro groups is 1.